The van der Waals surface area contributed by atoms with Crippen LogP contribution in [0.2, 0.25) is 0 Å². The smallest absolute Gasteiger partial charge is 0.382 e. The first kappa shape index (κ1) is 140. The summed E-state index contributed by atoms with van der Waals surface area (Å²) in [7, 11) is -1.04. The van der Waals surface area contributed by atoms with Crippen LogP contribution in [-0.2, 0) is 52.5 Å². The van der Waals surface area contributed by atoms with Crippen LogP contribution in [0.4, 0.5) is 70.2 Å². The van der Waals surface area contributed by atoms with Crippen LogP contribution in [0.5, 0.6) is 0 Å². The van der Waals surface area contributed by atoms with Gasteiger partial charge in [-0.3, -0.25) is 4.74 Å². The number of thioether (sulfide) groups is 1. The van der Waals surface area contributed by atoms with E-state index < -0.39 is 71.9 Å². The summed E-state index contributed by atoms with van der Waals surface area (Å²) in [6.45, 7) is 78.4. The monoisotopic (exact) mass is 1640 g/mol. The SMILES string of the molecule is CC(C)C.CC(C)OC(C(F)(F)F)C(F)(F)F.CC(C)OC(C)(C)C.CC(C)OC(C)C.CC(C)OC(F)(F)C(F)(F)F.CC(C)OC(F)(F)F.CC(C)OC(F)F.CC(C)S(C)(=O)=O.CCC(C)C.CCCC(C)C.CCCCC(C)C.CCCOC(C)C.CCOC(C)C.COC(C)C.CSC(C)C. The van der Waals surface area contributed by atoms with Crippen LogP contribution >= 0.6 is 11.8 Å². The molecule has 0 aromatic heterocycles. The van der Waals surface area contributed by atoms with Gasteiger partial charge in [0.05, 0.1) is 71.9 Å². The molecule has 0 aliphatic carbocycles. The highest BCUT2D eigenvalue weighted by molar-refractivity contribution is 7.99. The van der Waals surface area contributed by atoms with Gasteiger partial charge in [-0.05, 0) is 222 Å². The summed E-state index contributed by atoms with van der Waals surface area (Å²) in [6, 6.07) is 0. The van der Waals surface area contributed by atoms with Crippen molar-refractivity contribution in [3.8, 4) is 0 Å². The number of methoxy groups -OCH3 is 1. The van der Waals surface area contributed by atoms with Crippen molar-refractivity contribution in [1.29, 1.82) is 0 Å². The average Bonchev–Trinajstić information content (AvgIpc) is 0.842. The second kappa shape index (κ2) is 84.7. The summed E-state index contributed by atoms with van der Waals surface area (Å²) < 4.78 is 244. The molecule has 0 aromatic rings. The van der Waals surface area contributed by atoms with Gasteiger partial charge in [0.1, 0.15) is 9.84 Å². The van der Waals surface area contributed by atoms with E-state index in [9.17, 15) is 78.7 Å². The summed E-state index contributed by atoms with van der Waals surface area (Å²) >= 11 is 1.88. The van der Waals surface area contributed by atoms with Crippen LogP contribution in [0.15, 0.2) is 0 Å². The fraction of sp³-hybridized carbons (Fsp3) is 1.00. The molecule has 0 atom stereocenters. The Kier molecular flexibility index (Phi) is 112. The second-order valence-electron chi connectivity index (χ2n) is 29.5. The largest absolute Gasteiger partial charge is 0.522 e. The van der Waals surface area contributed by atoms with E-state index in [1.807, 2.05) is 87.9 Å². The molecule has 11 nitrogen and oxygen atoms in total. The number of sulfone groups is 1. The first-order chi connectivity index (χ1) is 46.9. The van der Waals surface area contributed by atoms with Gasteiger partial charge in [0, 0.05) is 26.6 Å². The van der Waals surface area contributed by atoms with Crippen LogP contribution in [0.1, 0.15) is 329 Å². The molecule has 0 fully saturated rings. The summed E-state index contributed by atoms with van der Waals surface area (Å²) in [6.07, 6.45) is -18.2. The Morgan fingerprint density at radius 3 is 0.726 bits per heavy atom. The Hall–Kier alpha value is -1.18. The molecule has 0 rings (SSSR count). The van der Waals surface area contributed by atoms with Crippen molar-refractivity contribution in [2.24, 2.45) is 23.7 Å². The van der Waals surface area contributed by atoms with Crippen molar-refractivity contribution in [2.75, 3.05) is 32.8 Å². The lowest BCUT2D eigenvalue weighted by atomic mass is 10.1. The maximum Gasteiger partial charge on any atom is 0.522 e. The summed E-state index contributed by atoms with van der Waals surface area (Å²) in [5, 5.41) is 0.572. The van der Waals surface area contributed by atoms with Gasteiger partial charge in [0.25, 0.3) is 0 Å². The topological polar surface area (TPSA) is 117 Å². The molecule has 0 spiro atoms. The molecule has 0 bridgehead atoms. The van der Waals surface area contributed by atoms with E-state index in [0.717, 1.165) is 76.3 Å². The minimum Gasteiger partial charge on any atom is -0.382 e. The number of ether oxygens (including phenoxy) is 9. The zero-order chi connectivity index (χ0) is 89.3. The van der Waals surface area contributed by atoms with E-state index in [-0.39, 0.29) is 17.0 Å². The van der Waals surface area contributed by atoms with Gasteiger partial charge in [-0.25, -0.2) is 8.42 Å². The van der Waals surface area contributed by atoms with Crippen LogP contribution in [0.25, 0.3) is 0 Å². The molecule has 106 heavy (non-hydrogen) atoms. The Balaban J connectivity index is -0.0000000650. The number of unbranched alkanes of at least 4 members (excludes halogenated alkanes) is 1. The fourth-order valence-electron chi connectivity index (χ4n) is 4.58. The van der Waals surface area contributed by atoms with Gasteiger partial charge in [0.15, 0.2) is 0 Å². The standard InChI is InChI=1S/C7H16O.C7H16.C6H8F6O.2C6H14O.C6H14.C5H7F5O.C5H12O.C5H12.C4H7F3O.C4H8F2O.C4H10O2S.C4H10O.C4H10S.C4H10/c1-6(2)8-7(3,4)5;1-4-5-6-7(2)3;1-3(2)13-4(5(7,8)9)6(10,11)12;1-5(2)7-6(3)4;1-4-5-7-6(2)3;1-4-5-6(2)3;1-3(2)11-5(9,10)4(6,7)8;1-4-6-5(2)3;1-4-5(2)3;1-3(2)8-4(5,6)7;1-3(2)7-4(5)6;1-4(2)7(3,5)6;2*1-4(2)5-3;1-4(2)3/h6H,1-5H3;7H,4-6H2,1-3H3;3-4H,1-2H3;5-6H,1-4H3;6H,4-5H2,1-3H3;6H,4-5H2,1-3H3;3H,1-2H3;5H,4H2,1-3H3;5H,4H2,1-3H3;3H,1-2H3;3-4H,1-2H3;4H,1-3H3;2*4H,1-3H3;4H,1-3H3. The molecule has 29 heteroatoms. The molecule has 0 aromatic carbocycles. The van der Waals surface area contributed by atoms with Crippen molar-refractivity contribution in [2.45, 2.75) is 450 Å². The lowest BCUT2D eigenvalue weighted by Crippen LogP contribution is -2.45. The zero-order valence-corrected chi connectivity index (χ0v) is 76.7. The predicted octanol–water partition coefficient (Wildman–Crippen LogP) is 28.5. The highest BCUT2D eigenvalue weighted by Crippen LogP contribution is 2.38. The maximum atomic E-state index is 11.8. The summed E-state index contributed by atoms with van der Waals surface area (Å²) in [4.78, 5) is 0. The second-order valence-corrected chi connectivity index (χ2v) is 33.5. The molecule has 0 aliphatic heterocycles. The van der Waals surface area contributed by atoms with Crippen LogP contribution in [0, 0.1) is 23.7 Å². The highest BCUT2D eigenvalue weighted by atomic mass is 32.2. The molecular formula is C77H168F16O11S2. The van der Waals surface area contributed by atoms with E-state index >= 15 is 0 Å². The Morgan fingerprint density at radius 1 is 0.396 bits per heavy atom. The van der Waals surface area contributed by atoms with E-state index in [4.69, 9.17) is 23.7 Å². The average molecular weight is 1640 g/mol. The van der Waals surface area contributed by atoms with Crippen molar-refractivity contribution in [3.05, 3.63) is 0 Å². The lowest BCUT2D eigenvalue weighted by Gasteiger charge is -2.24. The van der Waals surface area contributed by atoms with Gasteiger partial charge in [0.2, 0.25) is 6.10 Å². The van der Waals surface area contributed by atoms with Crippen molar-refractivity contribution in [1.82, 2.24) is 0 Å². The number of rotatable bonds is 24. The third-order valence-electron chi connectivity index (χ3n) is 9.37. The highest BCUT2D eigenvalue weighted by Gasteiger charge is 2.60. The quantitative estimate of drug-likeness (QED) is 0.0857. The third-order valence-corrected chi connectivity index (χ3v) is 12.0. The molecule has 0 N–H and O–H groups in total. The maximum absolute atomic E-state index is 11.8. The molecular weight excluding hydrogens is 1470 g/mol. The third kappa shape index (κ3) is 201. The minimum atomic E-state index is -5.63. The van der Waals surface area contributed by atoms with Crippen molar-refractivity contribution >= 4 is 21.6 Å². The van der Waals surface area contributed by atoms with E-state index in [1.165, 1.54) is 58.6 Å². The van der Waals surface area contributed by atoms with Crippen molar-refractivity contribution < 1.29 is 121 Å². The summed E-state index contributed by atoms with van der Waals surface area (Å²) in [5.41, 5.74) is 0.0220. The number of hydrogen-bond acceptors (Lipinski definition) is 12. The lowest BCUT2D eigenvalue weighted by molar-refractivity contribution is -0.399. The molecule has 666 valence electrons. The van der Waals surface area contributed by atoms with Gasteiger partial charge in [-0.1, -0.05) is 142 Å². The van der Waals surface area contributed by atoms with Gasteiger partial charge >= 0.3 is 37.6 Å². The molecule has 0 saturated carbocycles. The molecule has 0 unspecified atom stereocenters. The van der Waals surface area contributed by atoms with Gasteiger partial charge in [-0.2, -0.15) is 68.8 Å². The molecule has 0 aliphatic rings. The fourth-order valence-corrected chi connectivity index (χ4v) is 4.58. The van der Waals surface area contributed by atoms with E-state index in [2.05, 4.69) is 164 Å². The minimum absolute atomic E-state index is 0.0220. The molecule has 0 amide bonds. The first-order valence-electron chi connectivity index (χ1n) is 37.3. The van der Waals surface area contributed by atoms with Crippen LogP contribution in [-0.4, -0.2) is 162 Å². The Labute approximate surface area is 646 Å². The van der Waals surface area contributed by atoms with Gasteiger partial charge < -0.3 is 37.9 Å². The van der Waals surface area contributed by atoms with E-state index in [0.29, 0.717) is 36.6 Å². The molecule has 0 saturated heterocycles. The zero-order valence-electron chi connectivity index (χ0n) is 75.1. The molecule has 0 radical (unpaired) electrons. The normalized spacial score (nSPS) is 11.6. The number of hydrogen-bond donors (Lipinski definition) is 0. The van der Waals surface area contributed by atoms with Gasteiger partial charge in [-0.15, -0.1) is 13.2 Å². The van der Waals surface area contributed by atoms with E-state index in [1.54, 1.807) is 34.8 Å². The first-order valence-corrected chi connectivity index (χ1v) is 40.5. The summed E-state index contributed by atoms with van der Waals surface area (Å²) in [5.74, 6) is 3.52. The predicted molar refractivity (Wildman–Crippen MR) is 420 cm³/mol. The van der Waals surface area contributed by atoms with Crippen LogP contribution in [0.3, 0.4) is 0 Å². The number of alkyl halides is 16. The number of halogens is 16. The Morgan fingerprint density at radius 2 is 0.689 bits per heavy atom. The van der Waals surface area contributed by atoms with Crippen molar-refractivity contribution in [3.63, 3.8) is 0 Å². The molecule has 0 heterocycles. The Bertz CT molecular complexity index is 1640. The van der Waals surface area contributed by atoms with Crippen LogP contribution < -0.4 is 0 Å².